The Balaban J connectivity index is 2.42. The average molecular weight is 512 g/mol. The third-order valence-electron chi connectivity index (χ3n) is 5.26. The Labute approximate surface area is 218 Å². The number of carbonyl (C=O) groups excluding carboxylic acids is 3. The van der Waals surface area contributed by atoms with Gasteiger partial charge in [-0.25, -0.2) is 4.79 Å². The fourth-order valence-electron chi connectivity index (χ4n) is 3.31. The number of hydrogen-bond acceptors (Lipinski definition) is 6. The molecule has 2 aromatic rings. The lowest BCUT2D eigenvalue weighted by molar-refractivity contribution is -0.136. The summed E-state index contributed by atoms with van der Waals surface area (Å²) in [7, 11) is 1.54. The molecule has 2 unspecified atom stereocenters. The maximum absolute atomic E-state index is 13.5. The highest BCUT2D eigenvalue weighted by Gasteiger charge is 2.35. The maximum atomic E-state index is 13.5. The molecule has 0 aliphatic carbocycles. The molecule has 0 spiro atoms. The number of thiol groups is 1. The van der Waals surface area contributed by atoms with Crippen LogP contribution in [0.4, 0.5) is 10.5 Å². The molecule has 0 bridgehead atoms. The number of carbonyl (C=O) groups is 3. The maximum Gasteiger partial charge on any atom is 0.408 e. The molecule has 36 heavy (non-hydrogen) atoms. The van der Waals surface area contributed by atoms with Crippen LogP contribution in [0.3, 0.4) is 0 Å². The summed E-state index contributed by atoms with van der Waals surface area (Å²) in [6, 6.07) is 12.2. The number of alkyl carbamates (subject to hydrolysis) is 1. The number of nitrogens with zero attached hydrogens (tertiary/aromatic N) is 1. The minimum Gasteiger partial charge on any atom is -0.497 e. The van der Waals surface area contributed by atoms with E-state index in [0.717, 1.165) is 16.0 Å². The van der Waals surface area contributed by atoms with Crippen LogP contribution >= 0.6 is 12.6 Å². The zero-order chi connectivity index (χ0) is 27.0. The molecule has 0 aromatic heterocycles. The van der Waals surface area contributed by atoms with Gasteiger partial charge in [0.05, 0.1) is 7.11 Å². The van der Waals surface area contributed by atoms with Crippen LogP contribution in [0.1, 0.15) is 43.5 Å². The Morgan fingerprint density at radius 3 is 2.22 bits per heavy atom. The standard InChI is InChI=1S/C27H33N3O5S/c1-8-30(25(32)22(16-36)29-26(33)35-27(4,5)6)23(19-10-9-17(2)18(3)15-19)24(31)28-20-11-13-21(34-7)14-12-20/h1,9-15,22-23,36H,16H2,2-7H3,(H,28,31)(H,29,33). The summed E-state index contributed by atoms with van der Waals surface area (Å²) in [4.78, 5) is 40.3. The second-order valence-corrected chi connectivity index (χ2v) is 9.55. The number of benzene rings is 2. The van der Waals surface area contributed by atoms with E-state index in [4.69, 9.17) is 15.9 Å². The van der Waals surface area contributed by atoms with Gasteiger partial charge in [-0.15, -0.1) is 0 Å². The van der Waals surface area contributed by atoms with Crippen LogP contribution in [-0.2, 0) is 14.3 Å². The van der Waals surface area contributed by atoms with Crippen molar-refractivity contribution in [3.8, 4) is 18.2 Å². The fourth-order valence-corrected chi connectivity index (χ4v) is 3.55. The molecule has 192 valence electrons. The van der Waals surface area contributed by atoms with Crippen molar-refractivity contribution in [3.63, 3.8) is 0 Å². The number of hydrogen-bond donors (Lipinski definition) is 3. The topological polar surface area (TPSA) is 97.0 Å². The molecular weight excluding hydrogens is 478 g/mol. The Hall–Kier alpha value is -3.64. The third-order valence-corrected chi connectivity index (χ3v) is 5.62. The first-order valence-corrected chi connectivity index (χ1v) is 11.9. The molecule has 0 radical (unpaired) electrons. The van der Waals surface area contributed by atoms with Crippen molar-refractivity contribution in [1.82, 2.24) is 10.2 Å². The van der Waals surface area contributed by atoms with Gasteiger partial charge in [-0.3, -0.25) is 14.5 Å². The molecule has 0 heterocycles. The second-order valence-electron chi connectivity index (χ2n) is 9.18. The number of aryl methyl sites for hydroxylation is 2. The first-order valence-electron chi connectivity index (χ1n) is 11.3. The molecule has 2 N–H and O–H groups in total. The van der Waals surface area contributed by atoms with E-state index >= 15 is 0 Å². The molecule has 8 nitrogen and oxygen atoms in total. The summed E-state index contributed by atoms with van der Waals surface area (Å²) in [5.74, 6) is -0.629. The number of methoxy groups -OCH3 is 1. The zero-order valence-corrected chi connectivity index (χ0v) is 22.3. The van der Waals surface area contributed by atoms with Gasteiger partial charge in [0.25, 0.3) is 11.8 Å². The summed E-state index contributed by atoms with van der Waals surface area (Å²) in [5.41, 5.74) is 2.20. The quantitative estimate of drug-likeness (QED) is 0.280. The molecule has 2 atom stereocenters. The van der Waals surface area contributed by atoms with Crippen molar-refractivity contribution in [2.75, 3.05) is 18.2 Å². The second kappa shape index (κ2) is 12.4. The first-order chi connectivity index (χ1) is 16.9. The summed E-state index contributed by atoms with van der Waals surface area (Å²) >= 11 is 4.21. The zero-order valence-electron chi connectivity index (χ0n) is 21.4. The monoisotopic (exact) mass is 511 g/mol. The van der Waals surface area contributed by atoms with Crippen molar-refractivity contribution in [1.29, 1.82) is 0 Å². The lowest BCUT2D eigenvalue weighted by Gasteiger charge is -2.30. The molecule has 0 fully saturated rings. The minimum atomic E-state index is -1.17. The number of terminal acetylenes is 1. The molecule has 3 amide bonds. The van der Waals surface area contributed by atoms with Crippen molar-refractivity contribution >= 4 is 36.2 Å². The largest absolute Gasteiger partial charge is 0.497 e. The number of amides is 3. The number of rotatable bonds is 8. The summed E-state index contributed by atoms with van der Waals surface area (Å²) in [6.45, 7) is 8.96. The highest BCUT2D eigenvalue weighted by atomic mass is 32.1. The van der Waals surface area contributed by atoms with Gasteiger partial charge in [0.15, 0.2) is 0 Å². The highest BCUT2D eigenvalue weighted by molar-refractivity contribution is 7.80. The van der Waals surface area contributed by atoms with Gasteiger partial charge >= 0.3 is 6.09 Å². The molecule has 0 saturated heterocycles. The molecule has 0 aliphatic rings. The Kier molecular flexibility index (Phi) is 9.82. The third kappa shape index (κ3) is 7.68. The van der Waals surface area contributed by atoms with Crippen LogP contribution in [0.5, 0.6) is 5.75 Å². The van der Waals surface area contributed by atoms with Gasteiger partial charge in [-0.1, -0.05) is 24.6 Å². The Morgan fingerprint density at radius 2 is 1.72 bits per heavy atom. The molecule has 0 aliphatic heterocycles. The van der Waals surface area contributed by atoms with E-state index in [-0.39, 0.29) is 5.75 Å². The Morgan fingerprint density at radius 1 is 1.08 bits per heavy atom. The smallest absolute Gasteiger partial charge is 0.408 e. The normalized spacial score (nSPS) is 12.5. The summed E-state index contributed by atoms with van der Waals surface area (Å²) in [5, 5.41) is 5.31. The van der Waals surface area contributed by atoms with Crippen LogP contribution in [0.2, 0.25) is 0 Å². The van der Waals surface area contributed by atoms with Crippen LogP contribution in [0, 0.1) is 26.3 Å². The predicted molar refractivity (Wildman–Crippen MR) is 143 cm³/mol. The van der Waals surface area contributed by atoms with Crippen LogP contribution in [0.15, 0.2) is 42.5 Å². The van der Waals surface area contributed by atoms with E-state index in [1.54, 1.807) is 58.2 Å². The molecule has 2 rings (SSSR count). The number of nitrogens with one attached hydrogen (secondary N) is 2. The van der Waals surface area contributed by atoms with Gasteiger partial charge in [0.2, 0.25) is 0 Å². The lowest BCUT2D eigenvalue weighted by Crippen LogP contribution is -2.51. The van der Waals surface area contributed by atoms with E-state index in [1.165, 1.54) is 0 Å². The summed E-state index contributed by atoms with van der Waals surface area (Å²) < 4.78 is 10.4. The Bertz CT molecular complexity index is 1140. The van der Waals surface area contributed by atoms with Gasteiger partial charge in [0, 0.05) is 17.5 Å². The SMILES string of the molecule is C#CN(C(=O)C(CS)NC(=O)OC(C)(C)C)C(C(=O)Nc1ccc(OC)cc1)c1ccc(C)c(C)c1. The number of ether oxygens (including phenoxy) is 2. The summed E-state index contributed by atoms with van der Waals surface area (Å²) in [6.07, 6.45) is 4.97. The molecule has 9 heteroatoms. The van der Waals surface area contributed by atoms with Crippen LogP contribution in [0.25, 0.3) is 0 Å². The van der Waals surface area contributed by atoms with Gasteiger partial charge in [-0.05, 0) is 75.6 Å². The molecule has 0 saturated carbocycles. The van der Waals surface area contributed by atoms with Crippen molar-refractivity contribution < 1.29 is 23.9 Å². The van der Waals surface area contributed by atoms with Gasteiger partial charge < -0.3 is 20.1 Å². The fraction of sp³-hybridized carbons (Fsp3) is 0.370. The van der Waals surface area contributed by atoms with Gasteiger partial charge in [0.1, 0.15) is 23.4 Å². The van der Waals surface area contributed by atoms with E-state index in [2.05, 4.69) is 29.3 Å². The van der Waals surface area contributed by atoms with E-state index < -0.39 is 35.6 Å². The highest BCUT2D eigenvalue weighted by Crippen LogP contribution is 2.26. The van der Waals surface area contributed by atoms with Crippen molar-refractivity contribution in [2.24, 2.45) is 0 Å². The van der Waals surface area contributed by atoms with Crippen LogP contribution in [-0.4, -0.2) is 47.3 Å². The number of anilines is 1. The molecule has 2 aromatic carbocycles. The van der Waals surface area contributed by atoms with E-state index in [1.807, 2.05) is 26.0 Å². The van der Waals surface area contributed by atoms with Crippen molar-refractivity contribution in [3.05, 3.63) is 59.2 Å². The molecular formula is C27H33N3O5S. The van der Waals surface area contributed by atoms with E-state index in [0.29, 0.717) is 17.0 Å². The van der Waals surface area contributed by atoms with Gasteiger partial charge in [-0.2, -0.15) is 12.6 Å². The minimum absolute atomic E-state index is 0.0595. The first kappa shape index (κ1) is 28.6. The van der Waals surface area contributed by atoms with Crippen molar-refractivity contribution in [2.45, 2.75) is 52.3 Å². The average Bonchev–Trinajstić information content (AvgIpc) is 2.81. The van der Waals surface area contributed by atoms with E-state index in [9.17, 15) is 14.4 Å². The predicted octanol–water partition coefficient (Wildman–Crippen LogP) is 4.23. The van der Waals surface area contributed by atoms with Crippen LogP contribution < -0.4 is 15.4 Å². The lowest BCUT2D eigenvalue weighted by atomic mass is 9.98.